The van der Waals surface area contributed by atoms with Crippen LogP contribution in [0.15, 0.2) is 47.7 Å². The van der Waals surface area contributed by atoms with Gasteiger partial charge in [0.25, 0.3) is 0 Å². The van der Waals surface area contributed by atoms with Crippen LogP contribution in [0.3, 0.4) is 0 Å². The lowest BCUT2D eigenvalue weighted by atomic mass is 10.1. The summed E-state index contributed by atoms with van der Waals surface area (Å²) in [6.45, 7) is 3.38. The minimum absolute atomic E-state index is 0. The molecule has 1 aromatic heterocycles. The number of aromatic nitrogens is 1. The number of hydrogen-bond donors (Lipinski definition) is 3. The van der Waals surface area contributed by atoms with Crippen molar-refractivity contribution in [3.05, 3.63) is 48.3 Å². The largest absolute Gasteiger partial charge is 0.493 e. The van der Waals surface area contributed by atoms with Gasteiger partial charge in [-0.3, -0.25) is 14.8 Å². The van der Waals surface area contributed by atoms with Gasteiger partial charge in [-0.25, -0.2) is 0 Å². The number of aryl methyl sites for hydroxylation is 1. The van der Waals surface area contributed by atoms with Gasteiger partial charge in [-0.15, -0.1) is 24.0 Å². The summed E-state index contributed by atoms with van der Waals surface area (Å²) in [6.07, 6.45) is 5.04. The molecule has 8 nitrogen and oxygen atoms in total. The predicted molar refractivity (Wildman–Crippen MR) is 130 cm³/mol. The van der Waals surface area contributed by atoms with Crippen molar-refractivity contribution >= 4 is 41.5 Å². The highest BCUT2D eigenvalue weighted by Crippen LogP contribution is 2.28. The average molecular weight is 527 g/mol. The molecule has 0 unspecified atom stereocenters. The number of guanidine groups is 1. The molecule has 2 aromatic rings. The van der Waals surface area contributed by atoms with Crippen molar-refractivity contribution in [1.29, 1.82) is 0 Å². The van der Waals surface area contributed by atoms with Crippen molar-refractivity contribution in [2.45, 2.75) is 19.8 Å². The molecule has 3 N–H and O–H groups in total. The van der Waals surface area contributed by atoms with Gasteiger partial charge in [0.05, 0.1) is 32.1 Å². The Bertz CT molecular complexity index is 802. The van der Waals surface area contributed by atoms with E-state index >= 15 is 0 Å². The SMILES string of the molecule is CCOc1cc(CCCNC(=NC)NCC(=O)Nc2cccnc2)ccc1OC.I. The maximum absolute atomic E-state index is 12.0. The van der Waals surface area contributed by atoms with Gasteiger partial charge in [0, 0.05) is 19.8 Å². The van der Waals surface area contributed by atoms with Crippen LogP contribution in [0.2, 0.25) is 0 Å². The number of ether oxygens (including phenoxy) is 2. The van der Waals surface area contributed by atoms with Gasteiger partial charge in [-0.2, -0.15) is 0 Å². The fourth-order valence-electron chi connectivity index (χ4n) is 2.67. The molecule has 0 radical (unpaired) electrons. The summed E-state index contributed by atoms with van der Waals surface area (Å²) in [5, 5.41) is 8.98. The van der Waals surface area contributed by atoms with Crippen LogP contribution in [0.1, 0.15) is 18.9 Å². The van der Waals surface area contributed by atoms with E-state index in [2.05, 4.69) is 25.9 Å². The van der Waals surface area contributed by atoms with E-state index in [-0.39, 0.29) is 36.4 Å². The monoisotopic (exact) mass is 527 g/mol. The van der Waals surface area contributed by atoms with Gasteiger partial charge < -0.3 is 25.4 Å². The number of halogens is 1. The Morgan fingerprint density at radius 3 is 2.70 bits per heavy atom. The molecule has 30 heavy (non-hydrogen) atoms. The summed E-state index contributed by atoms with van der Waals surface area (Å²) in [4.78, 5) is 20.1. The number of anilines is 1. The van der Waals surface area contributed by atoms with Crippen LogP contribution in [0.25, 0.3) is 0 Å². The molecule has 1 amide bonds. The van der Waals surface area contributed by atoms with Crippen molar-refractivity contribution in [3.8, 4) is 11.5 Å². The fourth-order valence-corrected chi connectivity index (χ4v) is 2.67. The maximum Gasteiger partial charge on any atom is 0.243 e. The summed E-state index contributed by atoms with van der Waals surface area (Å²) < 4.78 is 10.9. The first-order valence-corrected chi connectivity index (χ1v) is 9.60. The zero-order valence-corrected chi connectivity index (χ0v) is 19.9. The van der Waals surface area contributed by atoms with Gasteiger partial charge in [0.1, 0.15) is 0 Å². The van der Waals surface area contributed by atoms with Crippen LogP contribution in [0.4, 0.5) is 5.69 Å². The minimum Gasteiger partial charge on any atom is -0.493 e. The highest BCUT2D eigenvalue weighted by Gasteiger charge is 2.06. The van der Waals surface area contributed by atoms with Crippen LogP contribution < -0.4 is 25.4 Å². The van der Waals surface area contributed by atoms with Crippen molar-refractivity contribution in [2.75, 3.05) is 39.2 Å². The van der Waals surface area contributed by atoms with Crippen LogP contribution in [0, 0.1) is 0 Å². The summed E-state index contributed by atoms with van der Waals surface area (Å²) in [5.41, 5.74) is 1.84. The topological polar surface area (TPSA) is 96.9 Å². The van der Waals surface area contributed by atoms with Crippen LogP contribution in [0.5, 0.6) is 11.5 Å². The molecule has 0 bridgehead atoms. The van der Waals surface area contributed by atoms with Gasteiger partial charge in [-0.05, 0) is 49.6 Å². The van der Waals surface area contributed by atoms with E-state index < -0.39 is 0 Å². The molecule has 0 aliphatic rings. The van der Waals surface area contributed by atoms with Crippen LogP contribution >= 0.6 is 24.0 Å². The van der Waals surface area contributed by atoms with Crippen LogP contribution in [-0.4, -0.2) is 50.7 Å². The van der Waals surface area contributed by atoms with E-state index in [1.54, 1.807) is 38.7 Å². The zero-order valence-electron chi connectivity index (χ0n) is 17.6. The van der Waals surface area contributed by atoms with E-state index in [1.807, 2.05) is 25.1 Å². The summed E-state index contributed by atoms with van der Waals surface area (Å²) in [5.74, 6) is 1.92. The summed E-state index contributed by atoms with van der Waals surface area (Å²) in [7, 11) is 3.31. The number of methoxy groups -OCH3 is 1. The number of nitrogens with one attached hydrogen (secondary N) is 3. The first-order chi connectivity index (χ1) is 14.2. The Hall–Kier alpha value is -2.56. The third-order valence-electron chi connectivity index (χ3n) is 4.05. The molecule has 2 rings (SSSR count). The third kappa shape index (κ3) is 8.85. The van der Waals surface area contributed by atoms with E-state index in [1.165, 1.54) is 5.56 Å². The number of carbonyl (C=O) groups excluding carboxylic acids is 1. The predicted octanol–water partition coefficient (Wildman–Crippen LogP) is 2.84. The highest BCUT2D eigenvalue weighted by molar-refractivity contribution is 14.0. The Balaban J connectivity index is 0.00000450. The summed E-state index contributed by atoms with van der Waals surface area (Å²) >= 11 is 0. The second-order valence-electron chi connectivity index (χ2n) is 6.16. The standard InChI is InChI=1S/C21H29N5O3.HI/c1-4-29-19-13-16(9-10-18(19)28-3)7-5-12-24-21(22-2)25-15-20(27)26-17-8-6-11-23-14-17;/h6,8-11,13-14H,4-5,7,12,15H2,1-3H3,(H,26,27)(H2,22,24,25);1H. The highest BCUT2D eigenvalue weighted by atomic mass is 127. The molecule has 1 aromatic carbocycles. The Morgan fingerprint density at radius 1 is 1.20 bits per heavy atom. The normalized spacial score (nSPS) is 10.6. The number of nitrogens with zero attached hydrogens (tertiary/aromatic N) is 2. The first-order valence-electron chi connectivity index (χ1n) is 9.60. The zero-order chi connectivity index (χ0) is 20.9. The second-order valence-corrected chi connectivity index (χ2v) is 6.16. The lowest BCUT2D eigenvalue weighted by molar-refractivity contribution is -0.115. The first kappa shape index (κ1) is 25.5. The lowest BCUT2D eigenvalue weighted by Gasteiger charge is -2.13. The van der Waals surface area contributed by atoms with Crippen LogP contribution in [-0.2, 0) is 11.2 Å². The van der Waals surface area contributed by atoms with Gasteiger partial charge in [0.15, 0.2) is 17.5 Å². The minimum atomic E-state index is -0.164. The van der Waals surface area contributed by atoms with Gasteiger partial charge in [0.2, 0.25) is 5.91 Å². The Labute approximate surface area is 194 Å². The second kappa shape index (κ2) is 14.4. The maximum atomic E-state index is 12.0. The number of amides is 1. The molecule has 0 aliphatic heterocycles. The molecule has 0 saturated heterocycles. The van der Waals surface area contributed by atoms with E-state index in [0.717, 1.165) is 30.9 Å². The van der Waals surface area contributed by atoms with Crippen molar-refractivity contribution in [2.24, 2.45) is 4.99 Å². The third-order valence-corrected chi connectivity index (χ3v) is 4.05. The Kier molecular flexibility index (Phi) is 12.3. The number of hydrogen-bond acceptors (Lipinski definition) is 5. The van der Waals surface area contributed by atoms with E-state index in [0.29, 0.717) is 18.3 Å². The number of benzene rings is 1. The van der Waals surface area contributed by atoms with Gasteiger partial charge in [-0.1, -0.05) is 6.07 Å². The molecule has 9 heteroatoms. The number of rotatable bonds is 10. The number of carbonyl (C=O) groups is 1. The fraction of sp³-hybridized carbons (Fsp3) is 0.381. The number of aliphatic imine (C=N–C) groups is 1. The molecule has 0 aliphatic carbocycles. The lowest BCUT2D eigenvalue weighted by Crippen LogP contribution is -2.41. The molecule has 1 heterocycles. The molecule has 0 fully saturated rings. The van der Waals surface area contributed by atoms with Gasteiger partial charge >= 0.3 is 0 Å². The molecular formula is C21H30IN5O3. The van der Waals surface area contributed by atoms with Crippen molar-refractivity contribution < 1.29 is 14.3 Å². The van der Waals surface area contributed by atoms with Crippen molar-refractivity contribution in [1.82, 2.24) is 15.6 Å². The van der Waals surface area contributed by atoms with Crippen molar-refractivity contribution in [3.63, 3.8) is 0 Å². The average Bonchev–Trinajstić information content (AvgIpc) is 2.74. The quantitative estimate of drug-likeness (QED) is 0.190. The van der Waals surface area contributed by atoms with E-state index in [9.17, 15) is 4.79 Å². The molecule has 0 saturated carbocycles. The molecule has 0 atom stereocenters. The summed E-state index contributed by atoms with van der Waals surface area (Å²) in [6, 6.07) is 9.53. The molecule has 0 spiro atoms. The molecule has 164 valence electrons. The molecular weight excluding hydrogens is 497 g/mol. The number of pyridine rings is 1. The van der Waals surface area contributed by atoms with E-state index in [4.69, 9.17) is 9.47 Å². The Morgan fingerprint density at radius 2 is 2.03 bits per heavy atom. The smallest absolute Gasteiger partial charge is 0.243 e.